The molecule has 0 heterocycles. The molecular weight excluding hydrogens is 206 g/mol. The highest BCUT2D eigenvalue weighted by atomic mass is 16.2. The lowest BCUT2D eigenvalue weighted by Gasteiger charge is -2.27. The average molecular weight is 225 g/mol. The molecule has 0 saturated carbocycles. The minimum atomic E-state index is -1.04. The largest absolute Gasteiger partial charge is 0.358 e. The summed E-state index contributed by atoms with van der Waals surface area (Å²) in [7, 11) is 1.52. The van der Waals surface area contributed by atoms with Crippen molar-refractivity contribution in [2.24, 2.45) is 5.41 Å². The molecule has 5 heteroatoms. The Morgan fingerprint density at radius 2 is 2.00 bits per heavy atom. The Kier molecular flexibility index (Phi) is 5.51. The zero-order valence-electron chi connectivity index (χ0n) is 10.3. The molecule has 0 bridgehead atoms. The fourth-order valence-electron chi connectivity index (χ4n) is 1.21. The molecule has 0 rings (SSSR count). The summed E-state index contributed by atoms with van der Waals surface area (Å²) in [5, 5.41) is 11.4. The Bertz CT molecular complexity index is 309. The Labute approximate surface area is 96.4 Å². The quantitative estimate of drug-likeness (QED) is 0.741. The molecular formula is C11H19N3O2. The Morgan fingerprint density at radius 3 is 2.31 bits per heavy atom. The standard InChI is InChI=1S/C11H19N3O2/c1-5-11(3,8-12)10(16)14(6-2)7-9(15)13-4/h5-7H2,1-4H3,(H,13,15). The maximum Gasteiger partial charge on any atom is 0.243 e. The molecule has 0 aliphatic heterocycles. The van der Waals surface area contributed by atoms with Crippen LogP contribution in [0.4, 0.5) is 0 Å². The van der Waals surface area contributed by atoms with Gasteiger partial charge in [0, 0.05) is 13.6 Å². The van der Waals surface area contributed by atoms with E-state index < -0.39 is 5.41 Å². The summed E-state index contributed by atoms with van der Waals surface area (Å²) in [6.07, 6.45) is 0.437. The van der Waals surface area contributed by atoms with Gasteiger partial charge in [0.15, 0.2) is 0 Å². The van der Waals surface area contributed by atoms with E-state index in [1.807, 2.05) is 6.07 Å². The van der Waals surface area contributed by atoms with Crippen LogP contribution in [0.3, 0.4) is 0 Å². The van der Waals surface area contributed by atoms with Crippen molar-refractivity contribution >= 4 is 11.8 Å². The molecule has 16 heavy (non-hydrogen) atoms. The van der Waals surface area contributed by atoms with Crippen molar-refractivity contribution in [2.45, 2.75) is 27.2 Å². The van der Waals surface area contributed by atoms with Gasteiger partial charge in [-0.25, -0.2) is 0 Å². The van der Waals surface area contributed by atoms with Crippen LogP contribution < -0.4 is 5.32 Å². The average Bonchev–Trinajstić information content (AvgIpc) is 2.33. The van der Waals surface area contributed by atoms with Gasteiger partial charge in [-0.3, -0.25) is 9.59 Å². The van der Waals surface area contributed by atoms with E-state index >= 15 is 0 Å². The van der Waals surface area contributed by atoms with E-state index in [-0.39, 0.29) is 18.4 Å². The summed E-state index contributed by atoms with van der Waals surface area (Å²) in [5.74, 6) is -0.518. The molecule has 0 aliphatic rings. The summed E-state index contributed by atoms with van der Waals surface area (Å²) in [5.41, 5.74) is -1.04. The third-order valence-electron chi connectivity index (χ3n) is 2.71. The third kappa shape index (κ3) is 3.23. The van der Waals surface area contributed by atoms with Crippen LogP contribution >= 0.6 is 0 Å². The number of hydrogen-bond acceptors (Lipinski definition) is 3. The summed E-state index contributed by atoms with van der Waals surface area (Å²) in [4.78, 5) is 24.6. The van der Waals surface area contributed by atoms with Crippen molar-refractivity contribution in [3.8, 4) is 6.07 Å². The van der Waals surface area contributed by atoms with Crippen LogP contribution in [0.5, 0.6) is 0 Å². The molecule has 0 aromatic rings. The van der Waals surface area contributed by atoms with Gasteiger partial charge in [0.05, 0.1) is 12.6 Å². The van der Waals surface area contributed by atoms with Crippen molar-refractivity contribution in [2.75, 3.05) is 20.1 Å². The molecule has 0 spiro atoms. The first-order valence-corrected chi connectivity index (χ1v) is 5.36. The van der Waals surface area contributed by atoms with Crippen molar-refractivity contribution in [1.82, 2.24) is 10.2 Å². The van der Waals surface area contributed by atoms with Crippen LogP contribution in [0.15, 0.2) is 0 Å². The second kappa shape index (κ2) is 6.11. The van der Waals surface area contributed by atoms with Crippen molar-refractivity contribution in [3.63, 3.8) is 0 Å². The van der Waals surface area contributed by atoms with Crippen LogP contribution in [0.25, 0.3) is 0 Å². The first kappa shape index (κ1) is 14.4. The maximum absolute atomic E-state index is 12.0. The van der Waals surface area contributed by atoms with E-state index in [4.69, 9.17) is 5.26 Å². The Morgan fingerprint density at radius 1 is 1.44 bits per heavy atom. The SMILES string of the molecule is CCN(CC(=O)NC)C(=O)C(C)(C#N)CC. The monoisotopic (exact) mass is 225 g/mol. The van der Waals surface area contributed by atoms with E-state index in [1.165, 1.54) is 11.9 Å². The summed E-state index contributed by atoms with van der Waals surface area (Å²) < 4.78 is 0. The highest BCUT2D eigenvalue weighted by Gasteiger charge is 2.35. The zero-order valence-corrected chi connectivity index (χ0v) is 10.3. The minimum absolute atomic E-state index is 0.00308. The number of carbonyl (C=O) groups excluding carboxylic acids is 2. The number of nitrogens with one attached hydrogen (secondary N) is 1. The van der Waals surface area contributed by atoms with Gasteiger partial charge >= 0.3 is 0 Å². The molecule has 0 aromatic heterocycles. The van der Waals surface area contributed by atoms with Crippen LogP contribution in [0.2, 0.25) is 0 Å². The van der Waals surface area contributed by atoms with Crippen LogP contribution in [-0.4, -0.2) is 36.9 Å². The van der Waals surface area contributed by atoms with E-state index in [2.05, 4.69) is 5.32 Å². The molecule has 1 atom stereocenters. The normalized spacial score (nSPS) is 13.4. The van der Waals surface area contributed by atoms with Gasteiger partial charge in [0.2, 0.25) is 11.8 Å². The summed E-state index contributed by atoms with van der Waals surface area (Å²) in [6, 6.07) is 2.01. The number of amides is 2. The van der Waals surface area contributed by atoms with Gasteiger partial charge in [-0.15, -0.1) is 0 Å². The Hall–Kier alpha value is -1.57. The topological polar surface area (TPSA) is 73.2 Å². The molecule has 0 radical (unpaired) electrons. The molecule has 0 aliphatic carbocycles. The molecule has 0 aromatic carbocycles. The number of nitriles is 1. The maximum atomic E-state index is 12.0. The lowest BCUT2D eigenvalue weighted by Crippen LogP contribution is -2.45. The summed E-state index contributed by atoms with van der Waals surface area (Å²) >= 11 is 0. The van der Waals surface area contributed by atoms with E-state index in [1.54, 1.807) is 20.8 Å². The van der Waals surface area contributed by atoms with Crippen molar-refractivity contribution in [1.29, 1.82) is 5.26 Å². The Balaban J connectivity index is 4.79. The summed E-state index contributed by atoms with van der Waals surface area (Å²) in [6.45, 7) is 5.59. The number of rotatable bonds is 5. The van der Waals surface area contributed by atoms with Gasteiger partial charge in [-0.2, -0.15) is 5.26 Å². The second-order valence-corrected chi connectivity index (χ2v) is 3.79. The molecule has 0 fully saturated rings. The predicted molar refractivity (Wildman–Crippen MR) is 60.3 cm³/mol. The highest BCUT2D eigenvalue weighted by molar-refractivity contribution is 5.89. The van der Waals surface area contributed by atoms with Crippen LogP contribution in [0, 0.1) is 16.7 Å². The van der Waals surface area contributed by atoms with E-state index in [0.717, 1.165) is 0 Å². The van der Waals surface area contributed by atoms with Crippen molar-refractivity contribution < 1.29 is 9.59 Å². The van der Waals surface area contributed by atoms with Crippen LogP contribution in [0.1, 0.15) is 27.2 Å². The fraction of sp³-hybridized carbons (Fsp3) is 0.727. The second-order valence-electron chi connectivity index (χ2n) is 3.79. The lowest BCUT2D eigenvalue weighted by molar-refractivity contribution is -0.141. The zero-order chi connectivity index (χ0) is 12.8. The van der Waals surface area contributed by atoms with Gasteiger partial charge < -0.3 is 10.2 Å². The van der Waals surface area contributed by atoms with Gasteiger partial charge in [-0.05, 0) is 20.3 Å². The van der Waals surface area contributed by atoms with Gasteiger partial charge in [0.1, 0.15) is 5.41 Å². The van der Waals surface area contributed by atoms with Crippen molar-refractivity contribution in [3.05, 3.63) is 0 Å². The molecule has 5 nitrogen and oxygen atoms in total. The number of likely N-dealkylation sites (N-methyl/N-ethyl adjacent to an activating group) is 2. The van der Waals surface area contributed by atoms with Crippen LogP contribution in [-0.2, 0) is 9.59 Å². The van der Waals surface area contributed by atoms with Gasteiger partial charge in [-0.1, -0.05) is 6.92 Å². The fourth-order valence-corrected chi connectivity index (χ4v) is 1.21. The third-order valence-corrected chi connectivity index (χ3v) is 2.71. The smallest absolute Gasteiger partial charge is 0.243 e. The molecule has 90 valence electrons. The highest BCUT2D eigenvalue weighted by Crippen LogP contribution is 2.22. The predicted octanol–water partition coefficient (Wildman–Crippen LogP) is 0.521. The molecule has 1 N–H and O–H groups in total. The lowest BCUT2D eigenvalue weighted by atomic mass is 9.87. The van der Waals surface area contributed by atoms with Gasteiger partial charge in [0.25, 0.3) is 0 Å². The molecule has 1 unspecified atom stereocenters. The first-order valence-electron chi connectivity index (χ1n) is 5.36. The number of hydrogen-bond donors (Lipinski definition) is 1. The number of carbonyl (C=O) groups is 2. The molecule has 0 saturated heterocycles. The van der Waals surface area contributed by atoms with E-state index in [0.29, 0.717) is 13.0 Å². The van der Waals surface area contributed by atoms with E-state index in [9.17, 15) is 9.59 Å². The minimum Gasteiger partial charge on any atom is -0.358 e. The molecule has 2 amide bonds. The number of nitrogens with zero attached hydrogens (tertiary/aromatic N) is 2. The first-order chi connectivity index (χ1) is 7.45.